The number of aromatic nitrogens is 1. The summed E-state index contributed by atoms with van der Waals surface area (Å²) >= 11 is 0. The van der Waals surface area contributed by atoms with Gasteiger partial charge in [-0.1, -0.05) is 18.2 Å². The molecule has 9 heteroatoms. The molecule has 27 heavy (non-hydrogen) atoms. The molecular formula is C18H22F3N5O. The molecule has 0 saturated heterocycles. The molecule has 146 valence electrons. The van der Waals surface area contributed by atoms with Crippen LogP contribution >= 0.6 is 0 Å². The van der Waals surface area contributed by atoms with Crippen LogP contribution in [0.15, 0.2) is 53.7 Å². The van der Waals surface area contributed by atoms with Crippen molar-refractivity contribution in [3.05, 3.63) is 54.2 Å². The van der Waals surface area contributed by atoms with Crippen molar-refractivity contribution in [1.29, 1.82) is 0 Å². The molecule has 0 bridgehead atoms. The molecule has 1 aromatic carbocycles. The zero-order valence-corrected chi connectivity index (χ0v) is 14.9. The maximum Gasteiger partial charge on any atom is 0.419 e. The lowest BCUT2D eigenvalue weighted by Crippen LogP contribution is -2.41. The van der Waals surface area contributed by atoms with Gasteiger partial charge in [-0.2, -0.15) is 13.2 Å². The molecule has 0 aliphatic heterocycles. The van der Waals surface area contributed by atoms with Crippen LogP contribution in [0, 0.1) is 0 Å². The molecule has 0 spiro atoms. The smallest absolute Gasteiger partial charge is 0.419 e. The molecule has 0 atom stereocenters. The van der Waals surface area contributed by atoms with Crippen molar-refractivity contribution in [3.8, 4) is 5.75 Å². The van der Waals surface area contributed by atoms with Crippen LogP contribution in [0.4, 0.5) is 19.0 Å². The Kier molecular flexibility index (Phi) is 7.72. The Morgan fingerprint density at radius 1 is 1.04 bits per heavy atom. The number of hydrogen-bond acceptors (Lipinski definition) is 4. The number of hydrogen-bond donors (Lipinski definition) is 3. The van der Waals surface area contributed by atoms with E-state index in [1.54, 1.807) is 7.05 Å². The number of benzene rings is 1. The van der Waals surface area contributed by atoms with Gasteiger partial charge in [-0.15, -0.1) is 0 Å². The van der Waals surface area contributed by atoms with Crippen molar-refractivity contribution in [2.45, 2.75) is 6.18 Å². The van der Waals surface area contributed by atoms with Crippen LogP contribution in [0.2, 0.25) is 0 Å². The molecule has 3 N–H and O–H groups in total. The maximum atomic E-state index is 12.9. The normalized spacial score (nSPS) is 11.8. The van der Waals surface area contributed by atoms with Crippen LogP contribution in [0.1, 0.15) is 5.56 Å². The zero-order chi connectivity index (χ0) is 19.5. The van der Waals surface area contributed by atoms with Crippen molar-refractivity contribution in [3.63, 3.8) is 0 Å². The molecule has 0 unspecified atom stereocenters. The van der Waals surface area contributed by atoms with Gasteiger partial charge in [0, 0.05) is 26.3 Å². The van der Waals surface area contributed by atoms with E-state index >= 15 is 0 Å². The lowest BCUT2D eigenvalue weighted by atomic mass is 10.2. The first-order valence-electron chi connectivity index (χ1n) is 8.39. The standard InChI is InChI=1S/C18H22F3N5O/c1-22-17(26-12-13-27-14-6-3-2-4-7-14)25-11-10-24-16-15(18(19,20)21)8-5-9-23-16/h2-9H,10-13H2,1H3,(H,23,24)(H2,22,25,26). The highest BCUT2D eigenvalue weighted by molar-refractivity contribution is 5.79. The Morgan fingerprint density at radius 3 is 2.48 bits per heavy atom. The van der Waals surface area contributed by atoms with Crippen LogP contribution < -0.4 is 20.7 Å². The van der Waals surface area contributed by atoms with Gasteiger partial charge >= 0.3 is 6.18 Å². The summed E-state index contributed by atoms with van der Waals surface area (Å²) in [5.41, 5.74) is -0.787. The lowest BCUT2D eigenvalue weighted by molar-refractivity contribution is -0.137. The third-order valence-corrected chi connectivity index (χ3v) is 3.45. The summed E-state index contributed by atoms with van der Waals surface area (Å²) in [6.45, 7) is 1.60. The summed E-state index contributed by atoms with van der Waals surface area (Å²) in [5, 5.41) is 8.76. The van der Waals surface area contributed by atoms with E-state index in [0.29, 0.717) is 25.7 Å². The zero-order valence-electron chi connectivity index (χ0n) is 14.9. The van der Waals surface area contributed by atoms with Crippen LogP contribution in [-0.2, 0) is 6.18 Å². The number of halogens is 3. The number of para-hydroxylation sites is 1. The van der Waals surface area contributed by atoms with Crippen molar-refractivity contribution < 1.29 is 17.9 Å². The molecule has 0 fully saturated rings. The van der Waals surface area contributed by atoms with Gasteiger partial charge < -0.3 is 20.7 Å². The number of alkyl halides is 3. The van der Waals surface area contributed by atoms with Crippen LogP contribution in [-0.4, -0.2) is 44.2 Å². The highest BCUT2D eigenvalue weighted by Crippen LogP contribution is 2.33. The number of anilines is 1. The number of nitrogens with one attached hydrogen (secondary N) is 3. The first-order chi connectivity index (χ1) is 13.0. The van der Waals surface area contributed by atoms with Gasteiger partial charge in [0.1, 0.15) is 18.2 Å². The largest absolute Gasteiger partial charge is 0.492 e. The molecule has 1 aromatic heterocycles. The molecule has 0 amide bonds. The SMILES string of the molecule is CN=C(NCCNc1ncccc1C(F)(F)F)NCCOc1ccccc1. The molecule has 6 nitrogen and oxygen atoms in total. The molecule has 2 rings (SSSR count). The van der Waals surface area contributed by atoms with E-state index in [2.05, 4.69) is 25.9 Å². The number of rotatable bonds is 8. The topological polar surface area (TPSA) is 70.6 Å². The van der Waals surface area contributed by atoms with E-state index in [1.807, 2.05) is 30.3 Å². The molecule has 0 radical (unpaired) electrons. The van der Waals surface area contributed by atoms with Crippen molar-refractivity contribution in [2.75, 3.05) is 38.6 Å². The van der Waals surface area contributed by atoms with E-state index in [-0.39, 0.29) is 12.4 Å². The fourth-order valence-corrected chi connectivity index (χ4v) is 2.21. The predicted molar refractivity (Wildman–Crippen MR) is 99.0 cm³/mol. The first-order valence-corrected chi connectivity index (χ1v) is 8.39. The van der Waals surface area contributed by atoms with Gasteiger partial charge in [0.25, 0.3) is 0 Å². The fourth-order valence-electron chi connectivity index (χ4n) is 2.21. The van der Waals surface area contributed by atoms with Gasteiger partial charge in [0.05, 0.1) is 12.1 Å². The molecular weight excluding hydrogens is 359 g/mol. The second kappa shape index (κ2) is 10.2. The maximum absolute atomic E-state index is 12.9. The van der Waals surface area contributed by atoms with E-state index in [9.17, 15) is 13.2 Å². The quantitative estimate of drug-likeness (QED) is 0.373. The summed E-state index contributed by atoms with van der Waals surface area (Å²) in [6.07, 6.45) is -3.13. The summed E-state index contributed by atoms with van der Waals surface area (Å²) < 4.78 is 44.3. The van der Waals surface area contributed by atoms with Gasteiger partial charge in [0.15, 0.2) is 5.96 Å². The summed E-state index contributed by atoms with van der Waals surface area (Å²) in [6, 6.07) is 11.7. The molecule has 0 saturated carbocycles. The minimum atomic E-state index is -4.44. The summed E-state index contributed by atoms with van der Waals surface area (Å²) in [5.74, 6) is 1.12. The Labute approximate surface area is 155 Å². The summed E-state index contributed by atoms with van der Waals surface area (Å²) in [4.78, 5) is 7.80. The monoisotopic (exact) mass is 381 g/mol. The minimum absolute atomic E-state index is 0.189. The predicted octanol–water partition coefficient (Wildman–Crippen LogP) is 2.76. The number of guanidine groups is 1. The van der Waals surface area contributed by atoms with Gasteiger partial charge in [-0.3, -0.25) is 4.99 Å². The Bertz CT molecular complexity index is 722. The molecule has 1 heterocycles. The number of ether oxygens (including phenoxy) is 1. The van der Waals surface area contributed by atoms with E-state index < -0.39 is 11.7 Å². The highest BCUT2D eigenvalue weighted by atomic mass is 19.4. The van der Waals surface area contributed by atoms with Crippen LogP contribution in [0.5, 0.6) is 5.75 Å². The number of aliphatic imine (C=N–C) groups is 1. The average molecular weight is 381 g/mol. The Balaban J connectivity index is 1.68. The van der Waals surface area contributed by atoms with Crippen molar-refractivity contribution >= 4 is 11.8 Å². The van der Waals surface area contributed by atoms with Gasteiger partial charge in [-0.25, -0.2) is 4.98 Å². The molecule has 2 aromatic rings. The number of pyridine rings is 1. The lowest BCUT2D eigenvalue weighted by Gasteiger charge is -2.15. The van der Waals surface area contributed by atoms with E-state index in [0.717, 1.165) is 11.8 Å². The minimum Gasteiger partial charge on any atom is -0.492 e. The average Bonchev–Trinajstić information content (AvgIpc) is 2.67. The third kappa shape index (κ3) is 7.04. The van der Waals surface area contributed by atoms with E-state index in [4.69, 9.17) is 4.74 Å². The second-order valence-electron chi connectivity index (χ2n) is 5.41. The highest BCUT2D eigenvalue weighted by Gasteiger charge is 2.33. The summed E-state index contributed by atoms with van der Waals surface area (Å²) in [7, 11) is 1.61. The van der Waals surface area contributed by atoms with Crippen LogP contribution in [0.3, 0.4) is 0 Å². The molecule has 0 aliphatic carbocycles. The Hall–Kier alpha value is -2.97. The van der Waals surface area contributed by atoms with Crippen molar-refractivity contribution in [2.24, 2.45) is 4.99 Å². The van der Waals surface area contributed by atoms with Crippen LogP contribution in [0.25, 0.3) is 0 Å². The van der Waals surface area contributed by atoms with Gasteiger partial charge in [-0.05, 0) is 24.3 Å². The Morgan fingerprint density at radius 2 is 1.78 bits per heavy atom. The third-order valence-electron chi connectivity index (χ3n) is 3.45. The fraction of sp³-hybridized carbons (Fsp3) is 0.333. The second-order valence-corrected chi connectivity index (χ2v) is 5.41. The first kappa shape index (κ1) is 20.3. The molecule has 0 aliphatic rings. The van der Waals surface area contributed by atoms with E-state index in [1.165, 1.54) is 12.3 Å². The van der Waals surface area contributed by atoms with Gasteiger partial charge in [0.2, 0.25) is 0 Å². The number of nitrogens with zero attached hydrogens (tertiary/aromatic N) is 2. The van der Waals surface area contributed by atoms with Crippen molar-refractivity contribution in [1.82, 2.24) is 15.6 Å².